The van der Waals surface area contributed by atoms with Crippen molar-refractivity contribution in [2.45, 2.75) is 39.2 Å². The van der Waals surface area contributed by atoms with Gasteiger partial charge in [0.05, 0.1) is 12.8 Å². The fourth-order valence-electron chi connectivity index (χ4n) is 2.25. The number of hydrogen-bond donors (Lipinski definition) is 1. The van der Waals surface area contributed by atoms with E-state index in [9.17, 15) is 4.79 Å². The Morgan fingerprint density at radius 3 is 2.56 bits per heavy atom. The number of carbonyl (C=O) groups is 1. The molecule has 0 saturated heterocycles. The summed E-state index contributed by atoms with van der Waals surface area (Å²) in [4.78, 5) is 12.1. The number of hydrogen-bond acceptors (Lipinski definition) is 4. The van der Waals surface area contributed by atoms with E-state index in [0.717, 1.165) is 24.2 Å². The van der Waals surface area contributed by atoms with Crippen LogP contribution in [0.2, 0.25) is 5.02 Å². The molecule has 0 saturated carbocycles. The van der Waals surface area contributed by atoms with E-state index in [4.69, 9.17) is 21.1 Å². The van der Waals surface area contributed by atoms with Crippen LogP contribution < -0.4 is 14.9 Å². The van der Waals surface area contributed by atoms with Crippen LogP contribution in [0.4, 0.5) is 0 Å². The molecule has 144 valence electrons. The van der Waals surface area contributed by atoms with Crippen molar-refractivity contribution in [3.63, 3.8) is 0 Å². The number of nitrogens with zero attached hydrogens (tertiary/aromatic N) is 1. The number of ether oxygens (including phenoxy) is 2. The quantitative estimate of drug-likeness (QED) is 0.360. The van der Waals surface area contributed by atoms with Crippen LogP contribution in [-0.2, 0) is 4.79 Å². The third-order valence-electron chi connectivity index (χ3n) is 3.81. The number of nitrogens with one attached hydrogen (secondary N) is 1. The van der Waals surface area contributed by atoms with Crippen LogP contribution in [0.5, 0.6) is 11.5 Å². The summed E-state index contributed by atoms with van der Waals surface area (Å²) in [7, 11) is 0. The summed E-state index contributed by atoms with van der Waals surface area (Å²) < 4.78 is 11.3. The molecule has 0 fully saturated rings. The summed E-state index contributed by atoms with van der Waals surface area (Å²) in [6.07, 6.45) is 4.17. The lowest BCUT2D eigenvalue weighted by Crippen LogP contribution is -2.33. The van der Waals surface area contributed by atoms with Crippen LogP contribution >= 0.6 is 11.6 Å². The molecule has 2 aromatic rings. The maximum atomic E-state index is 12.1. The Balaban J connectivity index is 1.79. The van der Waals surface area contributed by atoms with Crippen LogP contribution in [0.1, 0.15) is 38.7 Å². The average molecular weight is 389 g/mol. The van der Waals surface area contributed by atoms with E-state index in [2.05, 4.69) is 17.5 Å². The number of hydrazone groups is 1. The monoisotopic (exact) mass is 388 g/mol. The van der Waals surface area contributed by atoms with Gasteiger partial charge in [0.1, 0.15) is 11.5 Å². The first-order chi connectivity index (χ1) is 13.1. The standard InChI is InChI=1S/C21H25ClN2O3/c1-3-4-7-14-26-18-10-12-19(13-11-18)27-16(2)21(25)24-23-15-17-8-5-6-9-20(17)22/h5-6,8-13,15-16H,3-4,7,14H2,1-2H3,(H,24,25)/b23-15-/t16-/m0/s1. The van der Waals surface area contributed by atoms with Gasteiger partial charge in [-0.25, -0.2) is 5.43 Å². The van der Waals surface area contributed by atoms with Gasteiger partial charge < -0.3 is 9.47 Å². The Labute approximate surface area is 165 Å². The molecule has 2 rings (SSSR count). The third-order valence-corrected chi connectivity index (χ3v) is 4.15. The summed E-state index contributed by atoms with van der Waals surface area (Å²) in [5.41, 5.74) is 3.18. The molecule has 2 aromatic carbocycles. The van der Waals surface area contributed by atoms with Gasteiger partial charge in [-0.2, -0.15) is 5.10 Å². The lowest BCUT2D eigenvalue weighted by Gasteiger charge is -2.13. The Morgan fingerprint density at radius 1 is 1.15 bits per heavy atom. The molecule has 0 aliphatic rings. The first-order valence-electron chi connectivity index (χ1n) is 9.07. The van der Waals surface area contributed by atoms with Gasteiger partial charge >= 0.3 is 0 Å². The normalized spacial score (nSPS) is 12.0. The van der Waals surface area contributed by atoms with E-state index in [1.54, 1.807) is 25.1 Å². The van der Waals surface area contributed by atoms with Crippen molar-refractivity contribution in [1.29, 1.82) is 0 Å². The Kier molecular flexibility index (Phi) is 8.65. The molecule has 6 heteroatoms. The van der Waals surface area contributed by atoms with Crippen molar-refractivity contribution in [2.24, 2.45) is 5.10 Å². The minimum Gasteiger partial charge on any atom is -0.494 e. The summed E-state index contributed by atoms with van der Waals surface area (Å²) in [5.74, 6) is 1.03. The van der Waals surface area contributed by atoms with Crippen LogP contribution in [-0.4, -0.2) is 24.8 Å². The van der Waals surface area contributed by atoms with Gasteiger partial charge in [-0.1, -0.05) is 49.6 Å². The van der Waals surface area contributed by atoms with Gasteiger partial charge in [-0.3, -0.25) is 4.79 Å². The minimum absolute atomic E-state index is 0.349. The molecular formula is C21H25ClN2O3. The van der Waals surface area contributed by atoms with Gasteiger partial charge in [-0.15, -0.1) is 0 Å². The summed E-state index contributed by atoms with van der Waals surface area (Å²) >= 11 is 6.03. The first kappa shape index (κ1) is 20.8. The highest BCUT2D eigenvalue weighted by molar-refractivity contribution is 6.33. The van der Waals surface area contributed by atoms with E-state index in [1.165, 1.54) is 12.6 Å². The molecule has 0 radical (unpaired) electrons. The molecule has 0 aromatic heterocycles. The molecule has 0 aliphatic heterocycles. The molecular weight excluding hydrogens is 364 g/mol. The second-order valence-corrected chi connectivity index (χ2v) is 6.45. The van der Waals surface area contributed by atoms with Gasteiger partial charge in [0.15, 0.2) is 6.10 Å². The van der Waals surface area contributed by atoms with E-state index in [0.29, 0.717) is 17.4 Å². The molecule has 27 heavy (non-hydrogen) atoms. The van der Waals surface area contributed by atoms with Crippen LogP contribution in [0.15, 0.2) is 53.6 Å². The molecule has 1 atom stereocenters. The second-order valence-electron chi connectivity index (χ2n) is 6.04. The summed E-state index contributed by atoms with van der Waals surface area (Å²) in [6.45, 7) is 4.53. The van der Waals surface area contributed by atoms with Crippen molar-refractivity contribution >= 4 is 23.7 Å². The fourth-order valence-corrected chi connectivity index (χ4v) is 2.43. The molecule has 1 amide bonds. The van der Waals surface area contributed by atoms with E-state index in [1.807, 2.05) is 30.3 Å². The number of rotatable bonds is 10. The van der Waals surface area contributed by atoms with Crippen molar-refractivity contribution in [2.75, 3.05) is 6.61 Å². The van der Waals surface area contributed by atoms with Crippen molar-refractivity contribution < 1.29 is 14.3 Å². The van der Waals surface area contributed by atoms with E-state index >= 15 is 0 Å². The second kappa shape index (κ2) is 11.2. The number of benzene rings is 2. The van der Waals surface area contributed by atoms with Crippen LogP contribution in [0.3, 0.4) is 0 Å². The predicted molar refractivity (Wildman–Crippen MR) is 109 cm³/mol. The first-order valence-corrected chi connectivity index (χ1v) is 9.45. The van der Waals surface area contributed by atoms with Crippen LogP contribution in [0, 0.1) is 0 Å². The maximum absolute atomic E-state index is 12.1. The van der Waals surface area contributed by atoms with Crippen molar-refractivity contribution in [3.05, 3.63) is 59.1 Å². The molecule has 0 unspecified atom stereocenters. The number of amides is 1. The lowest BCUT2D eigenvalue weighted by atomic mass is 10.2. The number of unbranched alkanes of at least 4 members (excludes halogenated alkanes) is 2. The number of carbonyl (C=O) groups excluding carboxylic acids is 1. The minimum atomic E-state index is -0.690. The highest BCUT2D eigenvalue weighted by Crippen LogP contribution is 2.19. The predicted octanol–water partition coefficient (Wildman–Crippen LogP) is 4.83. The van der Waals surface area contributed by atoms with Gasteiger partial charge in [0, 0.05) is 10.6 Å². The maximum Gasteiger partial charge on any atom is 0.280 e. The highest BCUT2D eigenvalue weighted by atomic mass is 35.5. The van der Waals surface area contributed by atoms with Crippen molar-refractivity contribution in [3.8, 4) is 11.5 Å². The zero-order valence-electron chi connectivity index (χ0n) is 15.7. The smallest absolute Gasteiger partial charge is 0.280 e. The van der Waals surface area contributed by atoms with Gasteiger partial charge in [0.2, 0.25) is 0 Å². The highest BCUT2D eigenvalue weighted by Gasteiger charge is 2.14. The third kappa shape index (κ3) is 7.31. The van der Waals surface area contributed by atoms with Gasteiger partial charge in [-0.05, 0) is 43.7 Å². The topological polar surface area (TPSA) is 59.9 Å². The summed E-state index contributed by atoms with van der Waals surface area (Å²) in [5, 5.41) is 4.49. The van der Waals surface area contributed by atoms with Crippen molar-refractivity contribution in [1.82, 2.24) is 5.43 Å². The number of halogens is 1. The molecule has 0 bridgehead atoms. The Morgan fingerprint density at radius 2 is 1.85 bits per heavy atom. The molecule has 0 spiro atoms. The fraction of sp³-hybridized carbons (Fsp3) is 0.333. The average Bonchev–Trinajstić information content (AvgIpc) is 2.68. The molecule has 5 nitrogen and oxygen atoms in total. The SMILES string of the molecule is CCCCCOc1ccc(O[C@@H](C)C(=O)N/N=C\c2ccccc2Cl)cc1. The van der Waals surface area contributed by atoms with Gasteiger partial charge in [0.25, 0.3) is 5.91 Å². The largest absolute Gasteiger partial charge is 0.494 e. The van der Waals surface area contributed by atoms with E-state index < -0.39 is 6.10 Å². The van der Waals surface area contributed by atoms with E-state index in [-0.39, 0.29) is 5.91 Å². The molecule has 1 N–H and O–H groups in total. The zero-order valence-corrected chi connectivity index (χ0v) is 16.4. The lowest BCUT2D eigenvalue weighted by molar-refractivity contribution is -0.127. The summed E-state index contributed by atoms with van der Waals surface area (Å²) in [6, 6.07) is 14.5. The Bertz CT molecular complexity index is 747. The molecule has 0 aliphatic carbocycles. The van der Waals surface area contributed by atoms with Crippen LogP contribution in [0.25, 0.3) is 0 Å². The Hall–Kier alpha value is -2.53. The molecule has 0 heterocycles. The zero-order chi connectivity index (χ0) is 19.5.